The van der Waals surface area contributed by atoms with Crippen molar-refractivity contribution in [3.63, 3.8) is 0 Å². The molecular weight excluding hydrogens is 266 g/mol. The van der Waals surface area contributed by atoms with E-state index in [-0.39, 0.29) is 0 Å². The molecule has 1 fully saturated rings. The number of anilines is 1. The van der Waals surface area contributed by atoms with Crippen molar-refractivity contribution in [1.82, 2.24) is 19.4 Å². The second kappa shape index (κ2) is 6.13. The number of methoxy groups -OCH3 is 1. The Morgan fingerprint density at radius 1 is 1.19 bits per heavy atom. The Morgan fingerprint density at radius 2 is 2.00 bits per heavy atom. The van der Waals surface area contributed by atoms with Crippen molar-refractivity contribution in [2.24, 2.45) is 7.05 Å². The summed E-state index contributed by atoms with van der Waals surface area (Å²) < 4.78 is 7.32. The second-order valence-electron chi connectivity index (χ2n) is 5.29. The van der Waals surface area contributed by atoms with E-state index >= 15 is 0 Å². The van der Waals surface area contributed by atoms with Crippen LogP contribution in [0.4, 0.5) is 5.82 Å². The van der Waals surface area contributed by atoms with Crippen LogP contribution in [0.1, 0.15) is 5.69 Å². The number of rotatable bonds is 4. The van der Waals surface area contributed by atoms with Gasteiger partial charge < -0.3 is 14.2 Å². The Hall–Kier alpha value is -2.08. The first kappa shape index (κ1) is 13.9. The Labute approximate surface area is 125 Å². The maximum atomic E-state index is 5.14. The predicted octanol–water partition coefficient (Wildman–Crippen LogP) is 1.15. The molecule has 3 heterocycles. The fourth-order valence-electron chi connectivity index (χ4n) is 2.61. The highest BCUT2D eigenvalue weighted by Crippen LogP contribution is 2.16. The normalized spacial score (nSPS) is 16.2. The SMILES string of the molecule is COc1cncc(N2CCN(Cc3cccn3C)CC2)n1. The second-order valence-corrected chi connectivity index (χ2v) is 5.29. The van der Waals surface area contributed by atoms with Gasteiger partial charge >= 0.3 is 0 Å². The molecule has 0 unspecified atom stereocenters. The van der Waals surface area contributed by atoms with Crippen LogP contribution < -0.4 is 9.64 Å². The molecule has 0 spiro atoms. The van der Waals surface area contributed by atoms with Crippen LogP contribution >= 0.6 is 0 Å². The molecule has 0 radical (unpaired) electrons. The molecule has 0 saturated carbocycles. The predicted molar refractivity (Wildman–Crippen MR) is 81.5 cm³/mol. The summed E-state index contributed by atoms with van der Waals surface area (Å²) in [6.07, 6.45) is 5.53. The van der Waals surface area contributed by atoms with Gasteiger partial charge in [-0.1, -0.05) is 0 Å². The largest absolute Gasteiger partial charge is 0.480 e. The van der Waals surface area contributed by atoms with Gasteiger partial charge in [0.1, 0.15) is 0 Å². The number of hydrogen-bond acceptors (Lipinski definition) is 5. The first-order valence-electron chi connectivity index (χ1n) is 7.20. The lowest BCUT2D eigenvalue weighted by Gasteiger charge is -2.35. The van der Waals surface area contributed by atoms with Crippen molar-refractivity contribution in [3.8, 4) is 5.88 Å². The molecular formula is C15H21N5O. The summed E-state index contributed by atoms with van der Waals surface area (Å²) in [5.41, 5.74) is 1.35. The summed E-state index contributed by atoms with van der Waals surface area (Å²) >= 11 is 0. The van der Waals surface area contributed by atoms with Crippen LogP contribution in [-0.4, -0.2) is 52.7 Å². The molecule has 2 aromatic rings. The minimum absolute atomic E-state index is 0.568. The van der Waals surface area contributed by atoms with E-state index in [0.717, 1.165) is 38.5 Å². The number of nitrogens with zero attached hydrogens (tertiary/aromatic N) is 5. The first-order valence-corrected chi connectivity index (χ1v) is 7.20. The third kappa shape index (κ3) is 3.16. The lowest BCUT2D eigenvalue weighted by molar-refractivity contribution is 0.244. The highest BCUT2D eigenvalue weighted by atomic mass is 16.5. The summed E-state index contributed by atoms with van der Waals surface area (Å²) in [4.78, 5) is 13.4. The zero-order chi connectivity index (χ0) is 14.7. The number of piperazine rings is 1. The third-order valence-corrected chi connectivity index (χ3v) is 3.94. The Morgan fingerprint density at radius 3 is 2.67 bits per heavy atom. The van der Waals surface area contributed by atoms with Gasteiger partial charge in [-0.05, 0) is 12.1 Å². The van der Waals surface area contributed by atoms with Gasteiger partial charge in [0, 0.05) is 51.7 Å². The van der Waals surface area contributed by atoms with E-state index < -0.39 is 0 Å². The van der Waals surface area contributed by atoms with Crippen LogP contribution in [0.3, 0.4) is 0 Å². The molecule has 3 rings (SSSR count). The summed E-state index contributed by atoms with van der Waals surface area (Å²) in [6.45, 7) is 4.99. The van der Waals surface area contributed by atoms with E-state index in [0.29, 0.717) is 5.88 Å². The smallest absolute Gasteiger partial charge is 0.233 e. The molecule has 1 saturated heterocycles. The van der Waals surface area contributed by atoms with Crippen molar-refractivity contribution in [3.05, 3.63) is 36.4 Å². The molecule has 0 bridgehead atoms. The topological polar surface area (TPSA) is 46.4 Å². The lowest BCUT2D eigenvalue weighted by atomic mass is 10.3. The zero-order valence-corrected chi connectivity index (χ0v) is 12.6. The van der Waals surface area contributed by atoms with Crippen molar-refractivity contribution >= 4 is 5.82 Å². The number of hydrogen-bond donors (Lipinski definition) is 0. The maximum absolute atomic E-state index is 5.14. The molecule has 0 atom stereocenters. The first-order chi connectivity index (χ1) is 10.3. The Bertz CT molecular complexity index is 589. The monoisotopic (exact) mass is 287 g/mol. The molecule has 0 aliphatic carbocycles. The van der Waals surface area contributed by atoms with Gasteiger partial charge in [-0.3, -0.25) is 9.88 Å². The molecule has 2 aromatic heterocycles. The average molecular weight is 287 g/mol. The molecule has 112 valence electrons. The van der Waals surface area contributed by atoms with Crippen molar-refractivity contribution in [2.75, 3.05) is 38.2 Å². The van der Waals surface area contributed by atoms with E-state index in [9.17, 15) is 0 Å². The van der Waals surface area contributed by atoms with Gasteiger partial charge in [-0.25, -0.2) is 0 Å². The highest BCUT2D eigenvalue weighted by molar-refractivity contribution is 5.38. The zero-order valence-electron chi connectivity index (χ0n) is 12.6. The molecule has 0 aromatic carbocycles. The molecule has 0 amide bonds. The summed E-state index contributed by atoms with van der Waals surface area (Å²) in [5.74, 6) is 1.46. The fraction of sp³-hybridized carbons (Fsp3) is 0.467. The van der Waals surface area contributed by atoms with Crippen molar-refractivity contribution in [1.29, 1.82) is 0 Å². The van der Waals surface area contributed by atoms with Crippen LogP contribution in [0, 0.1) is 0 Å². The highest BCUT2D eigenvalue weighted by Gasteiger charge is 2.19. The Balaban J connectivity index is 1.58. The van der Waals surface area contributed by atoms with E-state index in [4.69, 9.17) is 4.74 Å². The maximum Gasteiger partial charge on any atom is 0.233 e. The van der Waals surface area contributed by atoms with Gasteiger partial charge in [0.05, 0.1) is 19.5 Å². The molecule has 6 heteroatoms. The van der Waals surface area contributed by atoms with Gasteiger partial charge in [0.15, 0.2) is 5.82 Å². The minimum atomic E-state index is 0.568. The molecule has 1 aliphatic rings. The summed E-state index contributed by atoms with van der Waals surface area (Å²) in [5, 5.41) is 0. The van der Waals surface area contributed by atoms with Crippen LogP contribution in [0.15, 0.2) is 30.7 Å². The summed E-state index contributed by atoms with van der Waals surface area (Å²) in [6, 6.07) is 4.28. The van der Waals surface area contributed by atoms with Crippen LogP contribution in [0.25, 0.3) is 0 Å². The average Bonchev–Trinajstić information content (AvgIpc) is 2.93. The fourth-order valence-corrected chi connectivity index (χ4v) is 2.61. The van der Waals surface area contributed by atoms with Crippen LogP contribution in [-0.2, 0) is 13.6 Å². The summed E-state index contributed by atoms with van der Waals surface area (Å²) in [7, 11) is 3.71. The molecule has 21 heavy (non-hydrogen) atoms. The molecule has 0 N–H and O–H groups in total. The Kier molecular flexibility index (Phi) is 4.06. The lowest BCUT2D eigenvalue weighted by Crippen LogP contribution is -2.46. The molecule has 1 aliphatic heterocycles. The van der Waals surface area contributed by atoms with E-state index in [1.54, 1.807) is 19.5 Å². The van der Waals surface area contributed by atoms with E-state index in [2.05, 4.69) is 49.7 Å². The standard InChI is InChI=1S/C15H21N5O/c1-18-5-3-4-13(18)12-19-6-8-20(9-7-19)14-10-16-11-15(17-14)21-2/h3-5,10-11H,6-9,12H2,1-2H3. The molecule has 6 nitrogen and oxygen atoms in total. The van der Waals surface area contributed by atoms with Gasteiger partial charge in [0.2, 0.25) is 5.88 Å². The van der Waals surface area contributed by atoms with Crippen LogP contribution in [0.5, 0.6) is 5.88 Å². The van der Waals surface area contributed by atoms with Crippen molar-refractivity contribution in [2.45, 2.75) is 6.54 Å². The van der Waals surface area contributed by atoms with Crippen LogP contribution in [0.2, 0.25) is 0 Å². The van der Waals surface area contributed by atoms with Gasteiger partial charge in [0.25, 0.3) is 0 Å². The number of aromatic nitrogens is 3. The van der Waals surface area contributed by atoms with E-state index in [1.807, 2.05) is 0 Å². The van der Waals surface area contributed by atoms with E-state index in [1.165, 1.54) is 5.69 Å². The van der Waals surface area contributed by atoms with Gasteiger partial charge in [-0.2, -0.15) is 4.98 Å². The quantitative estimate of drug-likeness (QED) is 0.844. The van der Waals surface area contributed by atoms with Crippen molar-refractivity contribution < 1.29 is 4.74 Å². The third-order valence-electron chi connectivity index (χ3n) is 3.94. The minimum Gasteiger partial charge on any atom is -0.480 e. The number of aryl methyl sites for hydroxylation is 1. The van der Waals surface area contributed by atoms with Gasteiger partial charge in [-0.15, -0.1) is 0 Å². The number of ether oxygens (including phenoxy) is 1.